The van der Waals surface area contributed by atoms with Gasteiger partial charge in [0.05, 0.1) is 0 Å². The molecule has 1 N–H and O–H groups in total. The Morgan fingerprint density at radius 3 is 2.14 bits per heavy atom. The molecule has 0 bridgehead atoms. The molecule has 0 aliphatic carbocycles. The van der Waals surface area contributed by atoms with Gasteiger partial charge < -0.3 is 5.32 Å². The summed E-state index contributed by atoms with van der Waals surface area (Å²) in [5.41, 5.74) is 4.11. The van der Waals surface area contributed by atoms with E-state index in [4.69, 9.17) is 0 Å². The van der Waals surface area contributed by atoms with E-state index in [0.717, 1.165) is 23.2 Å². The van der Waals surface area contributed by atoms with E-state index in [1.54, 1.807) is 0 Å². The highest BCUT2D eigenvalue weighted by Crippen LogP contribution is 2.27. The second-order valence-electron chi connectivity index (χ2n) is 5.01. The minimum absolute atomic E-state index is 0.0587. The van der Waals surface area contributed by atoms with Crippen LogP contribution < -0.4 is 5.32 Å². The van der Waals surface area contributed by atoms with Crippen LogP contribution in [0.5, 0.6) is 0 Å². The van der Waals surface area contributed by atoms with Gasteiger partial charge in [0.2, 0.25) is 0 Å². The van der Waals surface area contributed by atoms with Crippen molar-refractivity contribution in [2.75, 3.05) is 12.4 Å². The topological polar surface area (TPSA) is 29.1 Å². The molecule has 0 heterocycles. The van der Waals surface area contributed by atoms with Crippen LogP contribution in [-0.4, -0.2) is 12.8 Å². The molecule has 0 radical (unpaired) electrons. The Kier molecular flexibility index (Phi) is 7.38. The highest BCUT2D eigenvalue weighted by molar-refractivity contribution is 6.01. The molecule has 22 heavy (non-hydrogen) atoms. The Morgan fingerprint density at radius 1 is 1.05 bits per heavy atom. The van der Waals surface area contributed by atoms with Crippen LogP contribution in [0.2, 0.25) is 0 Å². The maximum Gasteiger partial charge on any atom is 0.170 e. The lowest BCUT2D eigenvalue weighted by Crippen LogP contribution is -2.13. The molecule has 0 saturated carbocycles. The standard InChI is InChI=1S/C18H21NO.C2H6/c1-4-16(17-8-6-5-7-13(17)2)18(20)14-9-11-15(19-3)12-10-14;1-2/h5-12,16,19H,4H2,1-3H3;1-2H3. The zero-order chi connectivity index (χ0) is 16.5. The van der Waals surface area contributed by atoms with Gasteiger partial charge in [-0.25, -0.2) is 0 Å². The number of rotatable bonds is 5. The normalized spacial score (nSPS) is 11.1. The van der Waals surface area contributed by atoms with E-state index in [-0.39, 0.29) is 11.7 Å². The van der Waals surface area contributed by atoms with Crippen molar-refractivity contribution in [2.45, 2.75) is 40.0 Å². The summed E-state index contributed by atoms with van der Waals surface area (Å²) in [4.78, 5) is 12.7. The maximum atomic E-state index is 12.7. The molecule has 0 aliphatic heterocycles. The van der Waals surface area contributed by atoms with Gasteiger partial charge in [0.25, 0.3) is 0 Å². The van der Waals surface area contributed by atoms with Crippen molar-refractivity contribution in [3.05, 3.63) is 65.2 Å². The number of benzene rings is 2. The molecule has 2 aromatic rings. The lowest BCUT2D eigenvalue weighted by molar-refractivity contribution is 0.0957. The zero-order valence-corrected chi connectivity index (χ0v) is 14.3. The number of hydrogen-bond acceptors (Lipinski definition) is 2. The van der Waals surface area contributed by atoms with Crippen LogP contribution in [0.25, 0.3) is 0 Å². The average molecular weight is 297 g/mol. The summed E-state index contributed by atoms with van der Waals surface area (Å²) in [6.07, 6.45) is 0.817. The van der Waals surface area contributed by atoms with Crippen molar-refractivity contribution >= 4 is 11.5 Å². The number of carbonyl (C=O) groups excluding carboxylic acids is 1. The molecule has 0 aromatic heterocycles. The Morgan fingerprint density at radius 2 is 1.64 bits per heavy atom. The van der Waals surface area contributed by atoms with Gasteiger partial charge in [0.1, 0.15) is 0 Å². The largest absolute Gasteiger partial charge is 0.388 e. The van der Waals surface area contributed by atoms with Crippen LogP contribution in [0.3, 0.4) is 0 Å². The second-order valence-corrected chi connectivity index (χ2v) is 5.01. The lowest BCUT2D eigenvalue weighted by Gasteiger charge is -2.17. The summed E-state index contributed by atoms with van der Waals surface area (Å²) >= 11 is 0. The SMILES string of the molecule is CC.CCC(C(=O)c1ccc(NC)cc1)c1ccccc1C. The van der Waals surface area contributed by atoms with E-state index in [9.17, 15) is 4.79 Å². The Balaban J connectivity index is 0.00000116. The summed E-state index contributed by atoms with van der Waals surface area (Å²) in [6, 6.07) is 15.8. The summed E-state index contributed by atoms with van der Waals surface area (Å²) in [7, 11) is 1.87. The highest BCUT2D eigenvalue weighted by atomic mass is 16.1. The summed E-state index contributed by atoms with van der Waals surface area (Å²) in [5.74, 6) is 0.140. The third kappa shape index (κ3) is 4.20. The molecule has 2 heteroatoms. The van der Waals surface area contributed by atoms with Crippen LogP contribution in [0.1, 0.15) is 54.6 Å². The quantitative estimate of drug-likeness (QED) is 0.745. The zero-order valence-electron chi connectivity index (χ0n) is 14.3. The first-order chi connectivity index (χ1) is 10.7. The molecule has 0 amide bonds. The number of aryl methyl sites for hydroxylation is 1. The highest BCUT2D eigenvalue weighted by Gasteiger charge is 2.21. The number of anilines is 1. The van der Waals surface area contributed by atoms with E-state index in [0.29, 0.717) is 0 Å². The average Bonchev–Trinajstić information content (AvgIpc) is 2.59. The number of Topliss-reactive ketones (excluding diaryl/α,β-unsaturated/α-hetero) is 1. The van der Waals surface area contributed by atoms with Crippen molar-refractivity contribution < 1.29 is 4.79 Å². The van der Waals surface area contributed by atoms with E-state index < -0.39 is 0 Å². The van der Waals surface area contributed by atoms with Crippen molar-refractivity contribution in [1.82, 2.24) is 0 Å². The molecular formula is C20H27NO. The first-order valence-electron chi connectivity index (χ1n) is 8.05. The minimum Gasteiger partial charge on any atom is -0.388 e. The molecule has 0 fully saturated rings. The molecule has 0 aliphatic rings. The first kappa shape index (κ1) is 18.0. The van der Waals surface area contributed by atoms with Crippen LogP contribution in [0.4, 0.5) is 5.69 Å². The van der Waals surface area contributed by atoms with Gasteiger partial charge in [-0.05, 0) is 48.7 Å². The smallest absolute Gasteiger partial charge is 0.170 e. The molecule has 2 nitrogen and oxygen atoms in total. The molecule has 118 valence electrons. The van der Waals surface area contributed by atoms with Crippen LogP contribution in [0, 0.1) is 6.92 Å². The van der Waals surface area contributed by atoms with Gasteiger partial charge in [0.15, 0.2) is 5.78 Å². The van der Waals surface area contributed by atoms with Crippen molar-refractivity contribution in [3.8, 4) is 0 Å². The van der Waals surface area contributed by atoms with Crippen LogP contribution in [-0.2, 0) is 0 Å². The molecule has 1 atom stereocenters. The molecular weight excluding hydrogens is 270 g/mol. The monoisotopic (exact) mass is 297 g/mol. The van der Waals surface area contributed by atoms with Crippen molar-refractivity contribution in [2.24, 2.45) is 0 Å². The van der Waals surface area contributed by atoms with Crippen LogP contribution in [0.15, 0.2) is 48.5 Å². The Bertz CT molecular complexity index is 587. The Labute approximate surface area is 134 Å². The minimum atomic E-state index is -0.0587. The van der Waals surface area contributed by atoms with Gasteiger partial charge in [0, 0.05) is 24.2 Å². The predicted molar refractivity (Wildman–Crippen MR) is 95.9 cm³/mol. The Hall–Kier alpha value is -2.09. The fourth-order valence-corrected chi connectivity index (χ4v) is 2.53. The summed E-state index contributed by atoms with van der Waals surface area (Å²) in [6.45, 7) is 8.13. The van der Waals surface area contributed by atoms with Crippen molar-refractivity contribution in [1.29, 1.82) is 0 Å². The van der Waals surface area contributed by atoms with Gasteiger partial charge in [-0.3, -0.25) is 4.79 Å². The summed E-state index contributed by atoms with van der Waals surface area (Å²) in [5, 5.41) is 3.07. The number of nitrogens with one attached hydrogen (secondary N) is 1. The fraction of sp³-hybridized carbons (Fsp3) is 0.350. The van der Waals surface area contributed by atoms with Gasteiger partial charge >= 0.3 is 0 Å². The maximum absolute atomic E-state index is 12.7. The molecule has 2 aromatic carbocycles. The van der Waals surface area contributed by atoms with E-state index in [1.165, 1.54) is 5.56 Å². The first-order valence-corrected chi connectivity index (χ1v) is 8.05. The fourth-order valence-electron chi connectivity index (χ4n) is 2.53. The second kappa shape index (κ2) is 9.04. The lowest BCUT2D eigenvalue weighted by atomic mass is 9.86. The molecule has 1 unspecified atom stereocenters. The van der Waals surface area contributed by atoms with Gasteiger partial charge in [-0.2, -0.15) is 0 Å². The summed E-state index contributed by atoms with van der Waals surface area (Å²) < 4.78 is 0. The van der Waals surface area contributed by atoms with Crippen molar-refractivity contribution in [3.63, 3.8) is 0 Å². The molecule has 0 spiro atoms. The van der Waals surface area contributed by atoms with Gasteiger partial charge in [-0.15, -0.1) is 0 Å². The van der Waals surface area contributed by atoms with E-state index in [1.807, 2.05) is 57.3 Å². The molecule has 2 rings (SSSR count). The number of hydrogen-bond donors (Lipinski definition) is 1. The van der Waals surface area contributed by atoms with Gasteiger partial charge in [-0.1, -0.05) is 45.0 Å². The number of ketones is 1. The van der Waals surface area contributed by atoms with E-state index in [2.05, 4.69) is 31.3 Å². The number of carbonyl (C=O) groups is 1. The third-order valence-corrected chi connectivity index (χ3v) is 3.75. The third-order valence-electron chi connectivity index (χ3n) is 3.75. The molecule has 0 saturated heterocycles. The predicted octanol–water partition coefficient (Wildman–Crippen LogP) is 5.44. The van der Waals surface area contributed by atoms with E-state index >= 15 is 0 Å². The van der Waals surface area contributed by atoms with Crippen LogP contribution >= 0.6 is 0 Å².